The van der Waals surface area contributed by atoms with Crippen molar-refractivity contribution in [2.45, 2.75) is 25.6 Å². The predicted molar refractivity (Wildman–Crippen MR) is 113 cm³/mol. The number of H-pyrrole nitrogens is 1. The molecule has 0 unspecified atom stereocenters. The molecule has 30 heavy (non-hydrogen) atoms. The first-order chi connectivity index (χ1) is 14.4. The number of hydrogen-bond donors (Lipinski definition) is 1. The first-order valence-corrected chi connectivity index (χ1v) is 11.4. The zero-order chi connectivity index (χ0) is 21.1. The minimum atomic E-state index is -3.49. The molecule has 3 aromatic rings. The fourth-order valence-electron chi connectivity index (χ4n) is 3.89. The Hall–Kier alpha value is -3.22. The molecule has 0 bridgehead atoms. The van der Waals surface area contributed by atoms with Crippen LogP contribution in [0.1, 0.15) is 22.5 Å². The van der Waals surface area contributed by atoms with E-state index < -0.39 is 10.0 Å². The van der Waals surface area contributed by atoms with Crippen molar-refractivity contribution in [1.82, 2.24) is 19.3 Å². The molecule has 0 amide bonds. The minimum absolute atomic E-state index is 0.212. The molecular weight excluding hydrogens is 400 g/mol. The molecule has 0 fully saturated rings. The second-order valence-corrected chi connectivity index (χ2v) is 9.33. The molecule has 0 saturated carbocycles. The molecule has 0 spiro atoms. The molecule has 0 radical (unpaired) electrons. The maximum atomic E-state index is 12.7. The summed E-state index contributed by atoms with van der Waals surface area (Å²) in [7, 11) is -3.49. The average Bonchev–Trinajstić information content (AvgIpc) is 3.18. The van der Waals surface area contributed by atoms with Gasteiger partial charge < -0.3 is 9.88 Å². The van der Waals surface area contributed by atoms with E-state index in [2.05, 4.69) is 25.9 Å². The zero-order valence-corrected chi connectivity index (χ0v) is 17.4. The van der Waals surface area contributed by atoms with Crippen LogP contribution in [0.3, 0.4) is 0 Å². The zero-order valence-electron chi connectivity index (χ0n) is 16.6. The van der Waals surface area contributed by atoms with E-state index in [4.69, 9.17) is 0 Å². The second-order valence-electron chi connectivity index (χ2n) is 7.40. The number of nitrogens with one attached hydrogen (secondary N) is 1. The van der Waals surface area contributed by atoms with E-state index in [9.17, 15) is 13.7 Å². The molecule has 1 N–H and O–H groups in total. The van der Waals surface area contributed by atoms with Crippen LogP contribution < -0.4 is 4.90 Å². The third kappa shape index (κ3) is 4.35. The van der Waals surface area contributed by atoms with Gasteiger partial charge in [-0.2, -0.15) is 9.57 Å². The van der Waals surface area contributed by atoms with E-state index in [0.29, 0.717) is 25.1 Å². The lowest BCUT2D eigenvalue weighted by atomic mass is 10.1. The van der Waals surface area contributed by atoms with E-state index in [1.54, 1.807) is 36.9 Å². The summed E-state index contributed by atoms with van der Waals surface area (Å²) in [6.45, 7) is 1.21. The number of nitriles is 1. The molecule has 1 aliphatic heterocycles. The van der Waals surface area contributed by atoms with Crippen LogP contribution >= 0.6 is 0 Å². The van der Waals surface area contributed by atoms with Gasteiger partial charge in [0.2, 0.25) is 10.0 Å². The van der Waals surface area contributed by atoms with Gasteiger partial charge in [-0.1, -0.05) is 6.07 Å². The van der Waals surface area contributed by atoms with Crippen molar-refractivity contribution in [3.05, 3.63) is 77.6 Å². The van der Waals surface area contributed by atoms with Crippen LogP contribution in [0.4, 0.5) is 5.69 Å². The molecule has 1 atom stereocenters. The van der Waals surface area contributed by atoms with E-state index in [1.807, 2.05) is 18.2 Å². The van der Waals surface area contributed by atoms with Crippen LogP contribution in [0.5, 0.6) is 0 Å². The van der Waals surface area contributed by atoms with Gasteiger partial charge in [0.1, 0.15) is 5.82 Å². The summed E-state index contributed by atoms with van der Waals surface area (Å²) < 4.78 is 27.0. The summed E-state index contributed by atoms with van der Waals surface area (Å²) in [5.41, 5.74) is 3.19. The Balaban J connectivity index is 1.77. The first kappa shape index (κ1) is 20.1. The SMILES string of the molecule is CS(=O)(=O)N1Cc2cc(C#N)ccc2N(Cc2ncc[nH]2)C[C@H]1Cc1cccnc1. The van der Waals surface area contributed by atoms with Gasteiger partial charge in [0.05, 0.1) is 24.4 Å². The normalized spacial score (nSPS) is 17.2. The number of nitrogens with zero attached hydrogens (tertiary/aromatic N) is 5. The maximum Gasteiger partial charge on any atom is 0.211 e. The van der Waals surface area contributed by atoms with E-state index in [-0.39, 0.29) is 12.6 Å². The Morgan fingerprint density at radius 1 is 1.30 bits per heavy atom. The third-order valence-corrected chi connectivity index (χ3v) is 6.51. The highest BCUT2D eigenvalue weighted by molar-refractivity contribution is 7.88. The van der Waals surface area contributed by atoms with Crippen molar-refractivity contribution in [3.63, 3.8) is 0 Å². The number of aromatic amines is 1. The molecule has 8 nitrogen and oxygen atoms in total. The maximum absolute atomic E-state index is 12.7. The molecule has 0 aliphatic carbocycles. The van der Waals surface area contributed by atoms with E-state index in [0.717, 1.165) is 22.6 Å². The summed E-state index contributed by atoms with van der Waals surface area (Å²) in [6, 6.07) is 11.1. The van der Waals surface area contributed by atoms with Gasteiger partial charge in [-0.3, -0.25) is 4.98 Å². The number of fused-ring (bicyclic) bond motifs is 1. The molecule has 9 heteroatoms. The van der Waals surface area contributed by atoms with Gasteiger partial charge in [0.15, 0.2) is 0 Å². The topological polar surface area (TPSA) is 106 Å². The molecule has 154 valence electrons. The van der Waals surface area contributed by atoms with Gasteiger partial charge in [0, 0.05) is 49.6 Å². The largest absolute Gasteiger partial charge is 0.362 e. The minimum Gasteiger partial charge on any atom is -0.362 e. The molecule has 2 aromatic heterocycles. The second kappa shape index (κ2) is 8.26. The Morgan fingerprint density at radius 2 is 2.17 bits per heavy atom. The smallest absolute Gasteiger partial charge is 0.211 e. The fourth-order valence-corrected chi connectivity index (χ4v) is 4.95. The number of anilines is 1. The van der Waals surface area contributed by atoms with E-state index >= 15 is 0 Å². The van der Waals surface area contributed by atoms with Gasteiger partial charge in [-0.25, -0.2) is 13.4 Å². The molecule has 3 heterocycles. The van der Waals surface area contributed by atoms with Crippen LogP contribution in [-0.4, -0.2) is 46.5 Å². The quantitative estimate of drug-likeness (QED) is 0.675. The molecule has 1 aliphatic rings. The van der Waals surface area contributed by atoms with Crippen molar-refractivity contribution in [3.8, 4) is 6.07 Å². The Kier molecular flexibility index (Phi) is 5.53. The van der Waals surface area contributed by atoms with Crippen molar-refractivity contribution in [1.29, 1.82) is 5.26 Å². The van der Waals surface area contributed by atoms with Crippen molar-refractivity contribution in [2.75, 3.05) is 17.7 Å². The number of rotatable bonds is 5. The number of hydrogen-bond acceptors (Lipinski definition) is 6. The van der Waals surface area contributed by atoms with Crippen LogP contribution in [0, 0.1) is 11.3 Å². The van der Waals surface area contributed by atoms with Crippen LogP contribution in [-0.2, 0) is 29.5 Å². The number of sulfonamides is 1. The van der Waals surface area contributed by atoms with Crippen molar-refractivity contribution >= 4 is 15.7 Å². The van der Waals surface area contributed by atoms with Crippen molar-refractivity contribution < 1.29 is 8.42 Å². The van der Waals surface area contributed by atoms with Gasteiger partial charge in [-0.05, 0) is 41.8 Å². The van der Waals surface area contributed by atoms with E-state index in [1.165, 1.54) is 10.6 Å². The monoisotopic (exact) mass is 422 g/mol. The van der Waals surface area contributed by atoms with Gasteiger partial charge in [-0.15, -0.1) is 0 Å². The Morgan fingerprint density at radius 3 is 2.83 bits per heavy atom. The van der Waals surface area contributed by atoms with Gasteiger partial charge in [0.25, 0.3) is 0 Å². The Bertz CT molecular complexity index is 1160. The molecular formula is C21H22N6O2S. The predicted octanol–water partition coefficient (Wildman–Crippen LogP) is 2.07. The average molecular weight is 423 g/mol. The summed E-state index contributed by atoms with van der Waals surface area (Å²) in [6.07, 6.45) is 8.70. The fraction of sp³-hybridized carbons (Fsp3) is 0.286. The highest BCUT2D eigenvalue weighted by Gasteiger charge is 2.33. The molecule has 4 rings (SSSR count). The number of pyridine rings is 1. The summed E-state index contributed by atoms with van der Waals surface area (Å²) in [4.78, 5) is 13.7. The lowest BCUT2D eigenvalue weighted by Gasteiger charge is -2.31. The highest BCUT2D eigenvalue weighted by Crippen LogP contribution is 2.31. The summed E-state index contributed by atoms with van der Waals surface area (Å²) in [5, 5.41) is 9.34. The first-order valence-electron chi connectivity index (χ1n) is 9.56. The summed E-state index contributed by atoms with van der Waals surface area (Å²) in [5.74, 6) is 0.790. The Labute approximate surface area is 175 Å². The number of imidazole rings is 1. The standard InChI is InChI=1S/C21H22N6O2S/c1-30(28,29)27-13-18-9-16(11-22)4-5-20(18)26(15-21-24-7-8-25-21)14-19(27)10-17-3-2-6-23-12-17/h2-9,12,19H,10,13-15H2,1H3,(H,24,25)/t19-/m1/s1. The lowest BCUT2D eigenvalue weighted by Crippen LogP contribution is -2.45. The number of aromatic nitrogens is 3. The number of benzene rings is 1. The molecule has 1 aromatic carbocycles. The van der Waals surface area contributed by atoms with Crippen LogP contribution in [0.25, 0.3) is 0 Å². The van der Waals surface area contributed by atoms with Crippen molar-refractivity contribution in [2.24, 2.45) is 0 Å². The third-order valence-electron chi connectivity index (χ3n) is 5.23. The highest BCUT2D eigenvalue weighted by atomic mass is 32.2. The lowest BCUT2D eigenvalue weighted by molar-refractivity contribution is 0.320. The summed E-state index contributed by atoms with van der Waals surface area (Å²) >= 11 is 0. The van der Waals surface area contributed by atoms with Gasteiger partial charge >= 0.3 is 0 Å². The molecule has 0 saturated heterocycles. The van der Waals surface area contributed by atoms with Crippen LogP contribution in [0.15, 0.2) is 55.1 Å². The van der Waals surface area contributed by atoms with Crippen LogP contribution in [0.2, 0.25) is 0 Å².